The molecule has 1 fully saturated rings. The number of piperidine rings is 1. The number of nitrogens with two attached hydrogens (primary N) is 1. The maximum Gasteiger partial charge on any atom is 0.278 e. The fourth-order valence-electron chi connectivity index (χ4n) is 4.14. The van der Waals surface area contributed by atoms with E-state index in [-0.39, 0.29) is 11.5 Å². The molecule has 0 bridgehead atoms. The van der Waals surface area contributed by atoms with Gasteiger partial charge in [-0.05, 0) is 38.3 Å². The zero-order valence-electron chi connectivity index (χ0n) is 17.6. The van der Waals surface area contributed by atoms with Crippen LogP contribution in [0.3, 0.4) is 0 Å². The van der Waals surface area contributed by atoms with Crippen LogP contribution in [0.2, 0.25) is 0 Å². The number of hydrogen-bond donors (Lipinski definition) is 1. The van der Waals surface area contributed by atoms with E-state index in [0.717, 1.165) is 24.8 Å². The van der Waals surface area contributed by atoms with Gasteiger partial charge in [0.1, 0.15) is 10.9 Å². The SMILES string of the molecule is COCCC[n+]1c(N)c(C(=O)N2CCCCC2)cc2c(=O)n3cccc(C)c3nc21. The molecular weight excluding hydrogens is 382 g/mol. The van der Waals surface area contributed by atoms with Crippen LogP contribution in [-0.4, -0.2) is 47.0 Å². The summed E-state index contributed by atoms with van der Waals surface area (Å²) in [5, 5.41) is 0.394. The van der Waals surface area contributed by atoms with Crippen LogP contribution >= 0.6 is 0 Å². The lowest BCUT2D eigenvalue weighted by atomic mass is 10.1. The zero-order chi connectivity index (χ0) is 21.3. The van der Waals surface area contributed by atoms with Crippen molar-refractivity contribution in [3.05, 3.63) is 45.9 Å². The fraction of sp³-hybridized carbons (Fsp3) is 0.455. The highest BCUT2D eigenvalue weighted by atomic mass is 16.5. The van der Waals surface area contributed by atoms with Gasteiger partial charge in [-0.2, -0.15) is 0 Å². The van der Waals surface area contributed by atoms with E-state index in [1.807, 2.05) is 24.0 Å². The van der Waals surface area contributed by atoms with E-state index in [9.17, 15) is 9.59 Å². The van der Waals surface area contributed by atoms with Crippen molar-refractivity contribution in [1.29, 1.82) is 0 Å². The number of anilines is 1. The van der Waals surface area contributed by atoms with Crippen LogP contribution in [0.15, 0.2) is 29.2 Å². The van der Waals surface area contributed by atoms with Crippen molar-refractivity contribution in [3.8, 4) is 0 Å². The van der Waals surface area contributed by atoms with Crippen LogP contribution < -0.4 is 15.9 Å². The molecule has 0 aliphatic carbocycles. The Morgan fingerprint density at radius 2 is 2.07 bits per heavy atom. The summed E-state index contributed by atoms with van der Waals surface area (Å²) < 4.78 is 8.51. The number of likely N-dealkylation sites (tertiary alicyclic amines) is 1. The van der Waals surface area contributed by atoms with E-state index < -0.39 is 0 Å². The molecule has 0 atom stereocenters. The first kappa shape index (κ1) is 20.3. The molecule has 8 nitrogen and oxygen atoms in total. The van der Waals surface area contributed by atoms with Gasteiger partial charge in [0.15, 0.2) is 0 Å². The van der Waals surface area contributed by atoms with E-state index in [4.69, 9.17) is 15.5 Å². The summed E-state index contributed by atoms with van der Waals surface area (Å²) in [6.07, 6.45) is 5.50. The normalized spacial score (nSPS) is 14.5. The minimum atomic E-state index is -0.202. The number of hydrogen-bond acceptors (Lipinski definition) is 5. The largest absolute Gasteiger partial charge is 0.385 e. The summed E-state index contributed by atoms with van der Waals surface area (Å²) in [6, 6.07) is 5.36. The molecular formula is C22H28N5O3+. The Bertz CT molecular complexity index is 1170. The van der Waals surface area contributed by atoms with Gasteiger partial charge in [0.25, 0.3) is 17.1 Å². The summed E-state index contributed by atoms with van der Waals surface area (Å²) in [4.78, 5) is 33.2. The van der Waals surface area contributed by atoms with Gasteiger partial charge in [-0.15, -0.1) is 0 Å². The number of nitrogen functional groups attached to an aromatic ring is 1. The highest BCUT2D eigenvalue weighted by Gasteiger charge is 2.28. The first-order valence-corrected chi connectivity index (χ1v) is 10.4. The second-order valence-electron chi connectivity index (χ2n) is 7.83. The molecule has 1 aliphatic rings. The van der Waals surface area contributed by atoms with E-state index in [1.165, 1.54) is 4.40 Å². The number of rotatable bonds is 5. The molecule has 158 valence electrons. The lowest BCUT2D eigenvalue weighted by molar-refractivity contribution is -0.659. The summed E-state index contributed by atoms with van der Waals surface area (Å²) in [5.41, 5.74) is 8.65. The van der Waals surface area contributed by atoms with Crippen LogP contribution in [0, 0.1) is 6.92 Å². The predicted molar refractivity (Wildman–Crippen MR) is 115 cm³/mol. The van der Waals surface area contributed by atoms with Gasteiger partial charge in [0.2, 0.25) is 11.5 Å². The minimum absolute atomic E-state index is 0.122. The monoisotopic (exact) mass is 410 g/mol. The molecule has 3 aromatic heterocycles. The van der Waals surface area contributed by atoms with Crippen LogP contribution in [0.4, 0.5) is 5.82 Å². The highest BCUT2D eigenvalue weighted by molar-refractivity contribution is 6.00. The smallest absolute Gasteiger partial charge is 0.278 e. The van der Waals surface area contributed by atoms with Gasteiger partial charge < -0.3 is 15.4 Å². The van der Waals surface area contributed by atoms with Crippen LogP contribution in [0.25, 0.3) is 16.7 Å². The first-order chi connectivity index (χ1) is 14.5. The van der Waals surface area contributed by atoms with Crippen LogP contribution in [-0.2, 0) is 11.3 Å². The topological polar surface area (TPSA) is 93.8 Å². The van der Waals surface area contributed by atoms with Gasteiger partial charge >= 0.3 is 0 Å². The molecule has 2 N–H and O–H groups in total. The van der Waals surface area contributed by atoms with E-state index in [0.29, 0.717) is 60.7 Å². The fourth-order valence-corrected chi connectivity index (χ4v) is 4.14. The Labute approximate surface area is 174 Å². The Balaban J connectivity index is 1.95. The van der Waals surface area contributed by atoms with Crippen molar-refractivity contribution < 1.29 is 14.1 Å². The molecule has 1 aliphatic heterocycles. The second-order valence-corrected chi connectivity index (χ2v) is 7.83. The third-order valence-corrected chi connectivity index (χ3v) is 5.78. The molecule has 30 heavy (non-hydrogen) atoms. The molecule has 1 saturated heterocycles. The molecule has 0 radical (unpaired) electrons. The number of nitrogens with zero attached hydrogens (tertiary/aromatic N) is 4. The number of carbonyl (C=O) groups is 1. The highest BCUT2D eigenvalue weighted by Crippen LogP contribution is 2.20. The van der Waals surface area contributed by atoms with E-state index >= 15 is 0 Å². The number of fused-ring (bicyclic) bond motifs is 2. The van der Waals surface area contributed by atoms with Crippen LogP contribution in [0.5, 0.6) is 0 Å². The van der Waals surface area contributed by atoms with Crippen molar-refractivity contribution in [2.24, 2.45) is 0 Å². The predicted octanol–water partition coefficient (Wildman–Crippen LogP) is 1.69. The van der Waals surface area contributed by atoms with Crippen molar-refractivity contribution in [1.82, 2.24) is 14.3 Å². The number of aromatic nitrogens is 3. The molecule has 4 heterocycles. The molecule has 3 aromatic rings. The van der Waals surface area contributed by atoms with E-state index in [1.54, 1.807) is 23.9 Å². The molecule has 4 rings (SSSR count). The molecule has 0 saturated carbocycles. The third kappa shape index (κ3) is 3.52. The maximum atomic E-state index is 13.3. The summed E-state index contributed by atoms with van der Waals surface area (Å²) >= 11 is 0. The first-order valence-electron chi connectivity index (χ1n) is 10.4. The number of methoxy groups -OCH3 is 1. The maximum absolute atomic E-state index is 13.3. The standard InChI is InChI=1S/C22H27N5O3/c1-15-8-6-11-27-19(15)24-20-17(22(27)29)14-16(18(23)26(20)12-7-13-30-2)21(28)25-9-4-3-5-10-25/h6,8,11,14,23H,3-5,7,9-10,12-13H2,1-2H3/p+1. The van der Waals surface area contributed by atoms with Crippen molar-refractivity contribution >= 4 is 28.4 Å². The third-order valence-electron chi connectivity index (χ3n) is 5.78. The van der Waals surface area contributed by atoms with Gasteiger partial charge in [0.05, 0.1) is 6.54 Å². The number of carbonyl (C=O) groups excluding carboxylic acids is 1. The van der Waals surface area contributed by atoms with Crippen LogP contribution in [0.1, 0.15) is 41.6 Å². The van der Waals surface area contributed by atoms with Crippen molar-refractivity contribution in [2.75, 3.05) is 32.5 Å². The molecule has 0 aromatic carbocycles. The summed E-state index contributed by atoms with van der Waals surface area (Å²) in [6.45, 7) is 4.40. The van der Waals surface area contributed by atoms with Crippen molar-refractivity contribution in [3.63, 3.8) is 0 Å². The van der Waals surface area contributed by atoms with Gasteiger partial charge in [-0.25, -0.2) is 4.57 Å². The minimum Gasteiger partial charge on any atom is -0.385 e. The number of pyridine rings is 2. The Hall–Kier alpha value is -3.00. The summed E-state index contributed by atoms with van der Waals surface area (Å²) in [5.74, 6) is 0.224. The molecule has 0 unspecified atom stereocenters. The Kier molecular flexibility index (Phi) is 5.67. The lowest BCUT2D eigenvalue weighted by Crippen LogP contribution is -2.44. The molecule has 0 spiro atoms. The molecule has 8 heteroatoms. The quantitative estimate of drug-likeness (QED) is 0.392. The number of aryl methyl sites for hydroxylation is 2. The average molecular weight is 410 g/mol. The van der Waals surface area contributed by atoms with Gasteiger partial charge in [-0.3, -0.25) is 14.0 Å². The van der Waals surface area contributed by atoms with E-state index in [2.05, 4.69) is 0 Å². The Morgan fingerprint density at radius 3 is 2.80 bits per heavy atom. The van der Waals surface area contributed by atoms with Gasteiger partial charge in [0, 0.05) is 45.0 Å². The Morgan fingerprint density at radius 1 is 1.30 bits per heavy atom. The molecule has 1 amide bonds. The summed E-state index contributed by atoms with van der Waals surface area (Å²) in [7, 11) is 1.64. The lowest BCUT2D eigenvalue weighted by Gasteiger charge is -2.27. The average Bonchev–Trinajstić information content (AvgIpc) is 2.76. The number of ether oxygens (including phenoxy) is 1. The number of amides is 1. The second kappa shape index (κ2) is 8.39. The zero-order valence-corrected chi connectivity index (χ0v) is 17.6. The van der Waals surface area contributed by atoms with Crippen molar-refractivity contribution in [2.45, 2.75) is 39.2 Å². The van der Waals surface area contributed by atoms with Gasteiger partial charge in [-0.1, -0.05) is 11.1 Å².